The highest BCUT2D eigenvalue weighted by Gasteiger charge is 2.35. The highest BCUT2D eigenvalue weighted by Crippen LogP contribution is 2.27. The molecule has 1 fully saturated rings. The number of ether oxygens (including phenoxy) is 1. The summed E-state index contributed by atoms with van der Waals surface area (Å²) in [7, 11) is 0. The van der Waals surface area contributed by atoms with Gasteiger partial charge in [0.15, 0.2) is 0 Å². The molecule has 0 spiro atoms. The zero-order valence-corrected chi connectivity index (χ0v) is 11.3. The summed E-state index contributed by atoms with van der Waals surface area (Å²) in [6.45, 7) is 11.0. The van der Waals surface area contributed by atoms with Crippen LogP contribution in [0, 0.1) is 11.3 Å². The van der Waals surface area contributed by atoms with Crippen LogP contribution in [0.15, 0.2) is 0 Å². The maximum atomic E-state index is 5.94. The molecule has 2 nitrogen and oxygen atoms in total. The molecule has 1 rings (SSSR count). The van der Waals surface area contributed by atoms with Crippen molar-refractivity contribution in [1.29, 1.82) is 0 Å². The van der Waals surface area contributed by atoms with Crippen LogP contribution in [0.25, 0.3) is 0 Å². The van der Waals surface area contributed by atoms with Gasteiger partial charge in [-0.15, -0.1) is 0 Å². The lowest BCUT2D eigenvalue weighted by molar-refractivity contribution is -0.00742. The fraction of sp³-hybridized carbons (Fsp3) is 1.00. The Balaban J connectivity index is 2.12. The van der Waals surface area contributed by atoms with Crippen molar-refractivity contribution in [3.63, 3.8) is 0 Å². The Morgan fingerprint density at radius 2 is 2.00 bits per heavy atom. The first-order chi connectivity index (χ1) is 7.76. The predicted molar refractivity (Wildman–Crippen MR) is 69.7 cm³/mol. The predicted octanol–water partition coefficient (Wildman–Crippen LogP) is 3.22. The second-order valence-electron chi connectivity index (χ2n) is 5.39. The maximum absolute atomic E-state index is 5.94. The first-order valence-electron chi connectivity index (χ1n) is 7.04. The Bertz CT molecular complexity index is 172. The molecule has 0 aliphatic carbocycles. The summed E-state index contributed by atoms with van der Waals surface area (Å²) >= 11 is 0. The van der Waals surface area contributed by atoms with Gasteiger partial charge in [0.2, 0.25) is 0 Å². The SMILES string of the molecule is CCCCC(CC)COCC1(CC)CNC1. The number of hydrogen-bond donors (Lipinski definition) is 1. The zero-order valence-electron chi connectivity index (χ0n) is 11.3. The Labute approximate surface area is 101 Å². The third kappa shape index (κ3) is 4.06. The van der Waals surface area contributed by atoms with Crippen molar-refractivity contribution in [1.82, 2.24) is 5.32 Å². The van der Waals surface area contributed by atoms with Crippen molar-refractivity contribution in [3.8, 4) is 0 Å². The van der Waals surface area contributed by atoms with Crippen LogP contribution in [0.5, 0.6) is 0 Å². The fourth-order valence-corrected chi connectivity index (χ4v) is 2.27. The monoisotopic (exact) mass is 227 g/mol. The molecule has 0 aromatic rings. The largest absolute Gasteiger partial charge is 0.380 e. The highest BCUT2D eigenvalue weighted by molar-refractivity contribution is 4.90. The standard InChI is InChI=1S/C14H29NO/c1-4-7-8-13(5-2)9-16-12-14(6-3)10-15-11-14/h13,15H,4-12H2,1-3H3. The van der Waals surface area contributed by atoms with E-state index in [1.54, 1.807) is 0 Å². The molecular formula is C14H29NO. The molecule has 1 atom stereocenters. The zero-order chi connectivity index (χ0) is 11.9. The van der Waals surface area contributed by atoms with E-state index in [4.69, 9.17) is 4.74 Å². The lowest BCUT2D eigenvalue weighted by atomic mass is 9.80. The summed E-state index contributed by atoms with van der Waals surface area (Å²) in [5.74, 6) is 0.780. The van der Waals surface area contributed by atoms with E-state index in [0.717, 1.165) is 32.2 Å². The van der Waals surface area contributed by atoms with E-state index in [1.165, 1.54) is 32.1 Å². The van der Waals surface area contributed by atoms with E-state index in [0.29, 0.717) is 5.41 Å². The van der Waals surface area contributed by atoms with E-state index in [1.807, 2.05) is 0 Å². The highest BCUT2D eigenvalue weighted by atomic mass is 16.5. The second-order valence-corrected chi connectivity index (χ2v) is 5.39. The van der Waals surface area contributed by atoms with Crippen LogP contribution in [0.2, 0.25) is 0 Å². The molecule has 1 N–H and O–H groups in total. The molecule has 0 radical (unpaired) electrons. The summed E-state index contributed by atoms with van der Waals surface area (Å²) in [5.41, 5.74) is 0.461. The second kappa shape index (κ2) is 7.29. The molecule has 1 unspecified atom stereocenters. The van der Waals surface area contributed by atoms with Crippen LogP contribution >= 0.6 is 0 Å². The van der Waals surface area contributed by atoms with Crippen LogP contribution < -0.4 is 5.32 Å². The van der Waals surface area contributed by atoms with Gasteiger partial charge in [-0.2, -0.15) is 0 Å². The van der Waals surface area contributed by atoms with E-state index in [9.17, 15) is 0 Å². The third-order valence-electron chi connectivity index (χ3n) is 4.06. The van der Waals surface area contributed by atoms with Crippen molar-refractivity contribution in [3.05, 3.63) is 0 Å². The lowest BCUT2D eigenvalue weighted by Gasteiger charge is -2.42. The molecule has 1 heterocycles. The summed E-state index contributed by atoms with van der Waals surface area (Å²) < 4.78 is 5.94. The Morgan fingerprint density at radius 1 is 1.25 bits per heavy atom. The van der Waals surface area contributed by atoms with Crippen molar-refractivity contribution in [2.45, 2.75) is 52.9 Å². The van der Waals surface area contributed by atoms with Crippen molar-refractivity contribution >= 4 is 0 Å². The van der Waals surface area contributed by atoms with E-state index in [-0.39, 0.29) is 0 Å². The fourth-order valence-electron chi connectivity index (χ4n) is 2.27. The van der Waals surface area contributed by atoms with Gasteiger partial charge in [0.05, 0.1) is 6.61 Å². The molecule has 1 aliphatic heterocycles. The maximum Gasteiger partial charge on any atom is 0.0546 e. The summed E-state index contributed by atoms with van der Waals surface area (Å²) in [6, 6.07) is 0. The van der Waals surface area contributed by atoms with E-state index >= 15 is 0 Å². The molecule has 96 valence electrons. The first-order valence-corrected chi connectivity index (χ1v) is 7.04. The topological polar surface area (TPSA) is 21.3 Å². The Morgan fingerprint density at radius 3 is 2.44 bits per heavy atom. The molecule has 1 aliphatic rings. The lowest BCUT2D eigenvalue weighted by Crippen LogP contribution is -2.55. The summed E-state index contributed by atoms with van der Waals surface area (Å²) in [6.07, 6.45) is 6.50. The van der Waals surface area contributed by atoms with Crippen molar-refractivity contribution in [2.75, 3.05) is 26.3 Å². The minimum atomic E-state index is 0.461. The molecule has 0 aromatic carbocycles. The number of rotatable bonds is 9. The van der Waals surface area contributed by atoms with Gasteiger partial charge < -0.3 is 10.1 Å². The normalized spacial score (nSPS) is 20.4. The Kier molecular flexibility index (Phi) is 6.37. The molecule has 2 heteroatoms. The average Bonchev–Trinajstić information content (AvgIpc) is 2.26. The van der Waals surface area contributed by atoms with E-state index < -0.39 is 0 Å². The van der Waals surface area contributed by atoms with E-state index in [2.05, 4.69) is 26.1 Å². The quantitative estimate of drug-likeness (QED) is 0.653. The smallest absolute Gasteiger partial charge is 0.0546 e. The molecule has 16 heavy (non-hydrogen) atoms. The van der Waals surface area contributed by atoms with Crippen LogP contribution in [0.4, 0.5) is 0 Å². The van der Waals surface area contributed by atoms with Gasteiger partial charge in [0.1, 0.15) is 0 Å². The number of hydrogen-bond acceptors (Lipinski definition) is 2. The number of nitrogens with one attached hydrogen (secondary N) is 1. The average molecular weight is 227 g/mol. The first kappa shape index (κ1) is 14.0. The van der Waals surface area contributed by atoms with Gasteiger partial charge in [-0.05, 0) is 18.8 Å². The van der Waals surface area contributed by atoms with Crippen LogP contribution in [0.3, 0.4) is 0 Å². The van der Waals surface area contributed by atoms with Crippen LogP contribution in [-0.2, 0) is 4.74 Å². The molecule has 0 amide bonds. The van der Waals surface area contributed by atoms with Crippen LogP contribution in [0.1, 0.15) is 52.9 Å². The van der Waals surface area contributed by atoms with Gasteiger partial charge in [0, 0.05) is 25.1 Å². The summed E-state index contributed by atoms with van der Waals surface area (Å²) in [4.78, 5) is 0. The minimum absolute atomic E-state index is 0.461. The van der Waals surface area contributed by atoms with Gasteiger partial charge in [-0.1, -0.05) is 40.0 Å². The molecule has 0 bridgehead atoms. The summed E-state index contributed by atoms with van der Waals surface area (Å²) in [5, 5.41) is 3.36. The van der Waals surface area contributed by atoms with Gasteiger partial charge in [-0.3, -0.25) is 0 Å². The Hall–Kier alpha value is -0.0800. The van der Waals surface area contributed by atoms with Crippen molar-refractivity contribution < 1.29 is 4.74 Å². The third-order valence-corrected chi connectivity index (χ3v) is 4.06. The molecular weight excluding hydrogens is 198 g/mol. The molecule has 0 aromatic heterocycles. The number of unbranched alkanes of at least 4 members (excludes halogenated alkanes) is 1. The van der Waals surface area contributed by atoms with Gasteiger partial charge in [-0.25, -0.2) is 0 Å². The molecule has 0 saturated carbocycles. The minimum Gasteiger partial charge on any atom is -0.380 e. The molecule has 1 saturated heterocycles. The van der Waals surface area contributed by atoms with Crippen molar-refractivity contribution in [2.24, 2.45) is 11.3 Å². The van der Waals surface area contributed by atoms with Gasteiger partial charge >= 0.3 is 0 Å². The van der Waals surface area contributed by atoms with Gasteiger partial charge in [0.25, 0.3) is 0 Å². The van der Waals surface area contributed by atoms with Crippen LogP contribution in [-0.4, -0.2) is 26.3 Å².